The first-order chi connectivity index (χ1) is 16.9. The van der Waals surface area contributed by atoms with Gasteiger partial charge in [0.15, 0.2) is 0 Å². The van der Waals surface area contributed by atoms with Gasteiger partial charge in [0.05, 0.1) is 33.2 Å². The highest BCUT2D eigenvalue weighted by atomic mass is 79.9. The summed E-state index contributed by atoms with van der Waals surface area (Å²) < 4.78 is 46.6. The smallest absolute Gasteiger partial charge is 0.383 e. The molecule has 1 saturated carbocycles. The highest BCUT2D eigenvalue weighted by Gasteiger charge is 2.51. The molecule has 1 aliphatic rings. The molecular formula is C24H21BrCl3F3N2O3. The van der Waals surface area contributed by atoms with Gasteiger partial charge in [0, 0.05) is 18.1 Å². The van der Waals surface area contributed by atoms with Crippen molar-refractivity contribution in [3.63, 3.8) is 0 Å². The fraction of sp³-hybridized carbons (Fsp3) is 0.333. The molecule has 3 rings (SSSR count). The van der Waals surface area contributed by atoms with E-state index in [2.05, 4.69) is 26.6 Å². The Morgan fingerprint density at radius 2 is 1.81 bits per heavy atom. The SMILES string of the molecule is COCCNC(=O)C1(NC(=O)c2ccc(C=CC(c3cc(Cl)c(Cl)c(Cl)c3)C(F)(F)F)cc2Br)CC1. The van der Waals surface area contributed by atoms with Crippen LogP contribution in [0.4, 0.5) is 13.2 Å². The predicted molar refractivity (Wildman–Crippen MR) is 138 cm³/mol. The fourth-order valence-corrected chi connectivity index (χ4v) is 4.63. The van der Waals surface area contributed by atoms with Crippen molar-refractivity contribution >= 4 is 68.6 Å². The minimum atomic E-state index is -4.61. The van der Waals surface area contributed by atoms with Crippen LogP contribution in [0.25, 0.3) is 6.08 Å². The first-order valence-electron chi connectivity index (χ1n) is 10.7. The summed E-state index contributed by atoms with van der Waals surface area (Å²) in [5.41, 5.74) is -0.472. The number of nitrogens with one attached hydrogen (secondary N) is 2. The molecule has 1 unspecified atom stereocenters. The average molecular weight is 629 g/mol. The third kappa shape index (κ3) is 6.95. The molecule has 36 heavy (non-hydrogen) atoms. The zero-order valence-corrected chi connectivity index (χ0v) is 22.7. The molecule has 2 aromatic carbocycles. The van der Waals surface area contributed by atoms with Crippen LogP contribution in [0.5, 0.6) is 0 Å². The molecule has 0 heterocycles. The van der Waals surface area contributed by atoms with Crippen molar-refractivity contribution < 1.29 is 27.5 Å². The second-order valence-electron chi connectivity index (χ2n) is 8.20. The van der Waals surface area contributed by atoms with E-state index in [1.54, 1.807) is 0 Å². The van der Waals surface area contributed by atoms with Gasteiger partial charge in [0.1, 0.15) is 5.54 Å². The van der Waals surface area contributed by atoms with Crippen LogP contribution < -0.4 is 10.6 Å². The Hall–Kier alpha value is -1.78. The summed E-state index contributed by atoms with van der Waals surface area (Å²) in [5, 5.41) is 5.28. The first kappa shape index (κ1) is 28.8. The molecule has 0 aliphatic heterocycles. The van der Waals surface area contributed by atoms with E-state index in [1.807, 2.05) is 0 Å². The topological polar surface area (TPSA) is 67.4 Å². The normalized spacial score (nSPS) is 15.6. The number of alkyl halides is 3. The van der Waals surface area contributed by atoms with Crippen molar-refractivity contribution in [3.05, 3.63) is 72.6 Å². The minimum absolute atomic E-state index is 0.0229. The van der Waals surface area contributed by atoms with E-state index in [9.17, 15) is 22.8 Å². The zero-order chi connectivity index (χ0) is 26.7. The van der Waals surface area contributed by atoms with Gasteiger partial charge in [-0.3, -0.25) is 9.59 Å². The van der Waals surface area contributed by atoms with Gasteiger partial charge in [-0.15, -0.1) is 0 Å². The largest absolute Gasteiger partial charge is 0.399 e. The number of methoxy groups -OCH3 is 1. The third-order valence-electron chi connectivity index (χ3n) is 5.57. The van der Waals surface area contributed by atoms with Crippen LogP contribution in [0, 0.1) is 0 Å². The van der Waals surface area contributed by atoms with Gasteiger partial charge >= 0.3 is 6.18 Å². The zero-order valence-electron chi connectivity index (χ0n) is 18.8. The van der Waals surface area contributed by atoms with Gasteiger partial charge in [-0.25, -0.2) is 0 Å². The predicted octanol–water partition coefficient (Wildman–Crippen LogP) is 6.79. The molecule has 0 saturated heterocycles. The van der Waals surface area contributed by atoms with Crippen LogP contribution in [-0.4, -0.2) is 43.8 Å². The van der Waals surface area contributed by atoms with E-state index in [1.165, 1.54) is 31.4 Å². The lowest BCUT2D eigenvalue weighted by Gasteiger charge is -2.19. The lowest BCUT2D eigenvalue weighted by Crippen LogP contribution is -2.49. The molecule has 194 valence electrons. The third-order valence-corrected chi connectivity index (χ3v) is 7.42. The summed E-state index contributed by atoms with van der Waals surface area (Å²) in [6, 6.07) is 6.74. The maximum Gasteiger partial charge on any atom is 0.399 e. The highest BCUT2D eigenvalue weighted by molar-refractivity contribution is 9.10. The van der Waals surface area contributed by atoms with E-state index in [4.69, 9.17) is 39.5 Å². The summed E-state index contributed by atoms with van der Waals surface area (Å²) in [7, 11) is 1.52. The Balaban J connectivity index is 1.76. The van der Waals surface area contributed by atoms with Crippen molar-refractivity contribution in [3.8, 4) is 0 Å². The number of hydrogen-bond acceptors (Lipinski definition) is 3. The Labute approximate surface area is 229 Å². The molecule has 1 fully saturated rings. The Morgan fingerprint density at radius 1 is 1.17 bits per heavy atom. The number of carbonyl (C=O) groups is 2. The first-order valence-corrected chi connectivity index (χ1v) is 12.6. The number of ether oxygens (including phenoxy) is 1. The molecule has 0 bridgehead atoms. The van der Waals surface area contributed by atoms with Gasteiger partial charge in [0.25, 0.3) is 5.91 Å². The Kier molecular flexibility index (Phi) is 9.38. The molecule has 12 heteroatoms. The summed E-state index contributed by atoms with van der Waals surface area (Å²) in [6.45, 7) is 0.675. The monoisotopic (exact) mass is 626 g/mol. The van der Waals surface area contributed by atoms with Crippen molar-refractivity contribution in [1.82, 2.24) is 10.6 Å². The number of allylic oxidation sites excluding steroid dienone is 1. The van der Waals surface area contributed by atoms with Crippen molar-refractivity contribution in [1.29, 1.82) is 0 Å². The summed E-state index contributed by atoms with van der Waals surface area (Å²) in [6.07, 6.45) is -1.34. The van der Waals surface area contributed by atoms with Gasteiger partial charge in [-0.05, 0) is 64.2 Å². The Morgan fingerprint density at radius 3 is 2.33 bits per heavy atom. The van der Waals surface area contributed by atoms with Crippen LogP contribution in [0.3, 0.4) is 0 Å². The molecule has 5 nitrogen and oxygen atoms in total. The number of rotatable bonds is 9. The standard InChI is InChI=1S/C24H21BrCl3F3N2O3/c1-36-9-8-32-22(35)23(6-7-23)33-21(34)15-4-2-13(10-17(15)25)3-5-16(24(29,30)31)14-11-18(26)20(28)19(27)12-14/h2-5,10-12,16H,6-9H2,1H3,(H,32,35)(H,33,34). The lowest BCUT2D eigenvalue weighted by atomic mass is 9.97. The van der Waals surface area contributed by atoms with Crippen LogP contribution in [0.1, 0.15) is 40.2 Å². The molecule has 2 N–H and O–H groups in total. The number of halogens is 7. The summed E-state index contributed by atoms with van der Waals surface area (Å²) in [4.78, 5) is 25.2. The van der Waals surface area contributed by atoms with Crippen LogP contribution in [-0.2, 0) is 9.53 Å². The molecule has 2 amide bonds. The van der Waals surface area contributed by atoms with E-state index < -0.39 is 23.5 Å². The van der Waals surface area contributed by atoms with E-state index in [0.717, 1.165) is 18.2 Å². The van der Waals surface area contributed by atoms with Gasteiger partial charge in [-0.2, -0.15) is 13.2 Å². The number of carbonyl (C=O) groups excluding carboxylic acids is 2. The van der Waals surface area contributed by atoms with Gasteiger partial charge < -0.3 is 15.4 Å². The number of amides is 2. The van der Waals surface area contributed by atoms with E-state index in [0.29, 0.717) is 36.0 Å². The maximum atomic E-state index is 13.8. The van der Waals surface area contributed by atoms with Crippen LogP contribution in [0.15, 0.2) is 40.9 Å². The number of benzene rings is 2. The maximum absolute atomic E-state index is 13.8. The van der Waals surface area contributed by atoms with Crippen molar-refractivity contribution in [2.24, 2.45) is 0 Å². The van der Waals surface area contributed by atoms with Crippen molar-refractivity contribution in [2.45, 2.75) is 30.5 Å². The van der Waals surface area contributed by atoms with E-state index >= 15 is 0 Å². The quantitative estimate of drug-likeness (QED) is 0.237. The second-order valence-corrected chi connectivity index (χ2v) is 10.2. The fourth-order valence-electron chi connectivity index (χ4n) is 3.44. The average Bonchev–Trinajstić information content (AvgIpc) is 3.57. The molecule has 0 radical (unpaired) electrons. The van der Waals surface area contributed by atoms with Crippen LogP contribution in [0.2, 0.25) is 15.1 Å². The van der Waals surface area contributed by atoms with Crippen LogP contribution >= 0.6 is 50.7 Å². The van der Waals surface area contributed by atoms with Gasteiger partial charge in [0.2, 0.25) is 5.91 Å². The lowest BCUT2D eigenvalue weighted by molar-refractivity contribution is -0.139. The molecule has 1 atom stereocenters. The van der Waals surface area contributed by atoms with Gasteiger partial charge in [-0.1, -0.05) is 53.0 Å². The molecular weight excluding hydrogens is 608 g/mol. The molecule has 0 aromatic heterocycles. The molecule has 2 aromatic rings. The molecule has 1 aliphatic carbocycles. The van der Waals surface area contributed by atoms with E-state index in [-0.39, 0.29) is 32.1 Å². The summed E-state index contributed by atoms with van der Waals surface area (Å²) >= 11 is 21.0. The molecule has 0 spiro atoms. The Bertz CT molecular complexity index is 1160. The number of hydrogen-bond donors (Lipinski definition) is 2. The highest BCUT2D eigenvalue weighted by Crippen LogP contribution is 2.41. The minimum Gasteiger partial charge on any atom is -0.383 e. The summed E-state index contributed by atoms with van der Waals surface area (Å²) in [5.74, 6) is -2.75. The second kappa shape index (κ2) is 11.7. The van der Waals surface area contributed by atoms with Crippen molar-refractivity contribution in [2.75, 3.05) is 20.3 Å².